The molecule has 0 amide bonds. The molecule has 0 aromatic rings. The molecule has 3 heterocycles. The van der Waals surface area contributed by atoms with Gasteiger partial charge in [-0.2, -0.15) is 0 Å². The van der Waals surface area contributed by atoms with Crippen LogP contribution >= 0.6 is 0 Å². The molecular formula is C24H42N2O6. The van der Waals surface area contributed by atoms with Crippen LogP contribution in [0.15, 0.2) is 36.5 Å². The summed E-state index contributed by atoms with van der Waals surface area (Å²) in [6, 6.07) is 0. The Hall–Kier alpha value is -1.10. The fourth-order valence-corrected chi connectivity index (χ4v) is 3.26. The Morgan fingerprint density at radius 2 is 0.562 bits per heavy atom. The van der Waals surface area contributed by atoms with Gasteiger partial charge in [-0.1, -0.05) is 19.7 Å². The molecule has 0 N–H and O–H groups in total. The molecular weight excluding hydrogens is 412 g/mol. The average molecular weight is 455 g/mol. The Morgan fingerprint density at radius 1 is 0.375 bits per heavy atom. The smallest absolute Gasteiger partial charge is 0.0696 e. The first-order chi connectivity index (χ1) is 15.6. The summed E-state index contributed by atoms with van der Waals surface area (Å²) in [6.45, 7) is 23.7. The Labute approximate surface area is 193 Å². The summed E-state index contributed by atoms with van der Waals surface area (Å²) in [5, 5.41) is 0. The summed E-state index contributed by atoms with van der Waals surface area (Å²) in [5.41, 5.74) is 2.84. The van der Waals surface area contributed by atoms with E-state index in [2.05, 4.69) is 29.5 Å². The van der Waals surface area contributed by atoms with Crippen LogP contribution in [0.3, 0.4) is 0 Å². The van der Waals surface area contributed by atoms with Crippen LogP contribution in [0.1, 0.15) is 0 Å². The predicted molar refractivity (Wildman–Crippen MR) is 125 cm³/mol. The quantitative estimate of drug-likeness (QED) is 0.509. The highest BCUT2D eigenvalue weighted by Gasteiger charge is 2.10. The molecule has 0 unspecified atom stereocenters. The van der Waals surface area contributed by atoms with Crippen molar-refractivity contribution in [3.63, 3.8) is 0 Å². The lowest BCUT2D eigenvalue weighted by molar-refractivity contribution is 0.0421. The van der Waals surface area contributed by atoms with Gasteiger partial charge in [-0.25, -0.2) is 0 Å². The summed E-state index contributed by atoms with van der Waals surface area (Å²) in [5.74, 6) is 0. The van der Waals surface area contributed by atoms with Gasteiger partial charge in [-0.3, -0.25) is 9.80 Å². The van der Waals surface area contributed by atoms with Gasteiger partial charge < -0.3 is 28.4 Å². The van der Waals surface area contributed by atoms with E-state index in [-0.39, 0.29) is 0 Å². The van der Waals surface area contributed by atoms with Gasteiger partial charge in [0.2, 0.25) is 0 Å². The highest BCUT2D eigenvalue weighted by atomic mass is 16.5. The number of fused-ring (bicyclic) bond motifs is 24. The molecule has 2 bridgehead atoms. The predicted octanol–water partition coefficient (Wildman–Crippen LogP) is 1.39. The van der Waals surface area contributed by atoms with Crippen molar-refractivity contribution in [1.82, 2.24) is 9.80 Å². The molecule has 0 aromatic heterocycles. The van der Waals surface area contributed by atoms with E-state index in [0.29, 0.717) is 79.3 Å². The van der Waals surface area contributed by atoms with Crippen molar-refractivity contribution in [2.75, 3.05) is 119 Å². The normalized spacial score (nSPS) is 28.3. The molecule has 0 aliphatic carbocycles. The third-order valence-electron chi connectivity index (χ3n) is 5.15. The van der Waals surface area contributed by atoms with Crippen LogP contribution in [0.2, 0.25) is 0 Å². The maximum absolute atomic E-state index is 5.81. The van der Waals surface area contributed by atoms with Gasteiger partial charge in [-0.15, -0.1) is 0 Å². The fourth-order valence-electron chi connectivity index (χ4n) is 3.26. The summed E-state index contributed by atoms with van der Waals surface area (Å²) in [4.78, 5) is 4.56. The summed E-state index contributed by atoms with van der Waals surface area (Å²) >= 11 is 0. The molecule has 0 spiro atoms. The SMILES string of the molecule is C=C1COCCN2CCOCC(=C)COCCN(CCOC1)CCOCC(=C)COCC2. The van der Waals surface area contributed by atoms with Crippen LogP contribution in [-0.2, 0) is 28.4 Å². The highest BCUT2D eigenvalue weighted by molar-refractivity contribution is 4.95. The number of ether oxygens (including phenoxy) is 6. The molecule has 8 heteroatoms. The Bertz CT molecular complexity index is 439. The van der Waals surface area contributed by atoms with Gasteiger partial charge in [0.1, 0.15) is 0 Å². The lowest BCUT2D eigenvalue weighted by Crippen LogP contribution is -2.35. The monoisotopic (exact) mass is 454 g/mol. The van der Waals surface area contributed by atoms with Crippen molar-refractivity contribution in [2.45, 2.75) is 0 Å². The minimum atomic E-state index is 0.506. The van der Waals surface area contributed by atoms with Crippen LogP contribution in [-0.4, -0.2) is 128 Å². The lowest BCUT2D eigenvalue weighted by Gasteiger charge is -2.24. The van der Waals surface area contributed by atoms with Gasteiger partial charge in [0.05, 0.1) is 79.3 Å². The summed E-state index contributed by atoms with van der Waals surface area (Å²) in [7, 11) is 0. The first kappa shape index (κ1) is 27.1. The minimum Gasteiger partial charge on any atom is -0.376 e. The van der Waals surface area contributed by atoms with Crippen molar-refractivity contribution in [3.05, 3.63) is 36.5 Å². The second-order valence-corrected chi connectivity index (χ2v) is 8.25. The highest BCUT2D eigenvalue weighted by Crippen LogP contribution is 2.01. The van der Waals surface area contributed by atoms with Crippen molar-refractivity contribution in [2.24, 2.45) is 0 Å². The van der Waals surface area contributed by atoms with E-state index in [1.54, 1.807) is 0 Å². The van der Waals surface area contributed by atoms with E-state index in [4.69, 9.17) is 28.4 Å². The van der Waals surface area contributed by atoms with Crippen LogP contribution in [0.4, 0.5) is 0 Å². The third-order valence-corrected chi connectivity index (χ3v) is 5.15. The first-order valence-corrected chi connectivity index (χ1v) is 11.5. The zero-order valence-corrected chi connectivity index (χ0v) is 19.7. The molecule has 3 rings (SSSR count). The second kappa shape index (κ2) is 17.4. The minimum absolute atomic E-state index is 0.506. The van der Waals surface area contributed by atoms with Gasteiger partial charge in [0, 0.05) is 39.3 Å². The molecule has 0 aromatic carbocycles. The molecule has 8 nitrogen and oxygen atoms in total. The molecule has 3 aliphatic heterocycles. The summed E-state index contributed by atoms with van der Waals surface area (Å²) in [6.07, 6.45) is 0. The van der Waals surface area contributed by atoms with E-state index in [0.717, 1.165) is 56.0 Å². The molecule has 3 aliphatic rings. The van der Waals surface area contributed by atoms with Crippen molar-refractivity contribution in [1.29, 1.82) is 0 Å². The van der Waals surface area contributed by atoms with Crippen LogP contribution in [0, 0.1) is 0 Å². The van der Waals surface area contributed by atoms with Crippen molar-refractivity contribution >= 4 is 0 Å². The zero-order valence-electron chi connectivity index (χ0n) is 19.7. The second-order valence-electron chi connectivity index (χ2n) is 8.25. The van der Waals surface area contributed by atoms with E-state index in [1.807, 2.05) is 0 Å². The van der Waals surface area contributed by atoms with Gasteiger partial charge in [0.25, 0.3) is 0 Å². The van der Waals surface area contributed by atoms with E-state index in [9.17, 15) is 0 Å². The largest absolute Gasteiger partial charge is 0.376 e. The Morgan fingerprint density at radius 3 is 0.750 bits per heavy atom. The van der Waals surface area contributed by atoms with E-state index < -0.39 is 0 Å². The Kier molecular flexibility index (Phi) is 14.7. The molecule has 0 saturated carbocycles. The molecule has 3 saturated heterocycles. The van der Waals surface area contributed by atoms with Crippen molar-refractivity contribution in [3.8, 4) is 0 Å². The molecule has 184 valence electrons. The van der Waals surface area contributed by atoms with Crippen LogP contribution in [0.25, 0.3) is 0 Å². The number of nitrogens with zero attached hydrogens (tertiary/aromatic N) is 2. The molecule has 32 heavy (non-hydrogen) atoms. The van der Waals surface area contributed by atoms with Gasteiger partial charge in [0.15, 0.2) is 0 Å². The standard InChI is InChI=1S/C24H42N2O6/c1-22-16-27-10-4-25-6-12-29-18-23(2)19-30-13-7-26(5-11-28-17-22)9-15-32-21-24(3)20-31-14-8-25/h1-21H2. The van der Waals surface area contributed by atoms with E-state index in [1.165, 1.54) is 0 Å². The number of hydrogen-bond donors (Lipinski definition) is 0. The van der Waals surface area contributed by atoms with Crippen LogP contribution in [0.5, 0.6) is 0 Å². The number of rotatable bonds is 0. The Balaban J connectivity index is 2.00. The van der Waals surface area contributed by atoms with Crippen LogP contribution < -0.4 is 0 Å². The maximum Gasteiger partial charge on any atom is 0.0696 e. The average Bonchev–Trinajstić information content (AvgIpc) is 2.77. The van der Waals surface area contributed by atoms with E-state index >= 15 is 0 Å². The van der Waals surface area contributed by atoms with Gasteiger partial charge >= 0.3 is 0 Å². The zero-order chi connectivity index (χ0) is 22.9. The molecule has 0 atom stereocenters. The lowest BCUT2D eigenvalue weighted by atomic mass is 10.3. The topological polar surface area (TPSA) is 61.9 Å². The fraction of sp³-hybridized carbons (Fsp3) is 0.750. The first-order valence-electron chi connectivity index (χ1n) is 11.5. The van der Waals surface area contributed by atoms with Crippen molar-refractivity contribution < 1.29 is 28.4 Å². The molecule has 3 fully saturated rings. The van der Waals surface area contributed by atoms with Gasteiger partial charge in [-0.05, 0) is 16.7 Å². The molecule has 0 radical (unpaired) electrons. The third kappa shape index (κ3) is 13.4. The number of hydrogen-bond acceptors (Lipinski definition) is 8. The maximum atomic E-state index is 5.81. The summed E-state index contributed by atoms with van der Waals surface area (Å²) < 4.78 is 34.9.